The molecule has 1 aliphatic rings. The van der Waals surface area contributed by atoms with Crippen molar-refractivity contribution in [1.82, 2.24) is 0 Å². The second-order valence-electron chi connectivity index (χ2n) is 2.09. The molecule has 0 spiro atoms. The Morgan fingerprint density at radius 3 is 2.09 bits per heavy atom. The van der Waals surface area contributed by atoms with Gasteiger partial charge in [-0.15, -0.1) is 0 Å². The second kappa shape index (κ2) is 7.34. The molecule has 1 heterocycles. The Labute approximate surface area is 66.7 Å². The lowest BCUT2D eigenvalue weighted by Crippen LogP contribution is -1.95. The van der Waals surface area contributed by atoms with Gasteiger partial charge in [0.1, 0.15) is 13.2 Å². The highest BCUT2D eigenvalue weighted by Gasteiger charge is 2.09. The van der Waals surface area contributed by atoms with E-state index in [9.17, 15) is 4.79 Å². The average molecular weight is 161 g/mol. The van der Waals surface area contributed by atoms with Crippen molar-refractivity contribution in [1.29, 1.82) is 0 Å². The van der Waals surface area contributed by atoms with Crippen LogP contribution in [0, 0.1) is 0 Å². The molecule has 11 heavy (non-hydrogen) atoms. The van der Waals surface area contributed by atoms with Gasteiger partial charge >= 0.3 is 6.16 Å². The van der Waals surface area contributed by atoms with Gasteiger partial charge in [0.25, 0.3) is 0 Å². The normalized spacial score (nSPS) is 14.5. The molecule has 4 heteroatoms. The highest BCUT2D eigenvalue weighted by molar-refractivity contribution is 5.61. The molecule has 1 saturated heterocycles. The molecule has 66 valence electrons. The quantitative estimate of drug-likeness (QED) is 0.611. The molecule has 0 aromatic rings. The zero-order valence-corrected chi connectivity index (χ0v) is 6.84. The third kappa shape index (κ3) is 7.12. The molecular formula is C7H15NO3. The lowest BCUT2D eigenvalue weighted by Gasteiger charge is -1.80. The van der Waals surface area contributed by atoms with Crippen molar-refractivity contribution < 1.29 is 14.3 Å². The Balaban J connectivity index is 0.000000187. The van der Waals surface area contributed by atoms with E-state index in [1.54, 1.807) is 0 Å². The summed E-state index contributed by atoms with van der Waals surface area (Å²) in [7, 11) is 0. The minimum Gasteiger partial charge on any atom is -0.431 e. The van der Waals surface area contributed by atoms with Crippen LogP contribution < -0.4 is 5.73 Å². The molecule has 4 nitrogen and oxygen atoms in total. The summed E-state index contributed by atoms with van der Waals surface area (Å²) < 4.78 is 8.58. The molecule has 1 rings (SSSR count). The first kappa shape index (κ1) is 10.2. The summed E-state index contributed by atoms with van der Waals surface area (Å²) in [6.07, 6.45) is 1.84. The molecule has 0 aromatic heterocycles. The Kier molecular flexibility index (Phi) is 6.82. The Morgan fingerprint density at radius 1 is 1.45 bits per heavy atom. The molecule has 0 unspecified atom stereocenters. The number of unbranched alkanes of at least 4 members (excludes halogenated alkanes) is 1. The molecule has 0 radical (unpaired) electrons. The fourth-order valence-corrected chi connectivity index (χ4v) is 0.496. The van der Waals surface area contributed by atoms with E-state index in [0.29, 0.717) is 13.2 Å². The van der Waals surface area contributed by atoms with E-state index in [1.807, 2.05) is 0 Å². The number of hydrogen-bond donors (Lipinski definition) is 1. The standard InChI is InChI=1S/C4H11N.C3H4O3/c1-2-3-4-5;4-3-5-1-2-6-3/h2-5H2,1H3;1-2H2. The first-order valence-electron chi connectivity index (χ1n) is 3.81. The van der Waals surface area contributed by atoms with Crippen molar-refractivity contribution in [3.05, 3.63) is 0 Å². The molecular weight excluding hydrogens is 146 g/mol. The van der Waals surface area contributed by atoms with Crippen LogP contribution in [0.5, 0.6) is 0 Å². The van der Waals surface area contributed by atoms with Crippen molar-refractivity contribution in [2.45, 2.75) is 19.8 Å². The third-order valence-electron chi connectivity index (χ3n) is 1.08. The van der Waals surface area contributed by atoms with Crippen molar-refractivity contribution in [2.75, 3.05) is 19.8 Å². The van der Waals surface area contributed by atoms with E-state index in [-0.39, 0.29) is 0 Å². The predicted molar refractivity (Wildman–Crippen MR) is 41.3 cm³/mol. The zero-order valence-electron chi connectivity index (χ0n) is 6.84. The summed E-state index contributed by atoms with van der Waals surface area (Å²) >= 11 is 0. The maximum atomic E-state index is 9.80. The van der Waals surface area contributed by atoms with Crippen LogP contribution in [0.25, 0.3) is 0 Å². The van der Waals surface area contributed by atoms with E-state index in [4.69, 9.17) is 5.73 Å². The highest BCUT2D eigenvalue weighted by atomic mass is 16.8. The number of carbonyl (C=O) groups is 1. The predicted octanol–water partition coefficient (Wildman–Crippen LogP) is 0.898. The number of rotatable bonds is 2. The van der Waals surface area contributed by atoms with Gasteiger partial charge in [0.15, 0.2) is 0 Å². The van der Waals surface area contributed by atoms with Gasteiger partial charge in [-0.25, -0.2) is 4.79 Å². The monoisotopic (exact) mass is 161 g/mol. The van der Waals surface area contributed by atoms with Crippen LogP contribution in [0.1, 0.15) is 19.8 Å². The van der Waals surface area contributed by atoms with Crippen LogP contribution in [0.3, 0.4) is 0 Å². The maximum Gasteiger partial charge on any atom is 0.508 e. The van der Waals surface area contributed by atoms with E-state index in [1.165, 1.54) is 12.8 Å². The smallest absolute Gasteiger partial charge is 0.431 e. The van der Waals surface area contributed by atoms with Gasteiger partial charge in [0, 0.05) is 0 Å². The average Bonchev–Trinajstić information content (AvgIpc) is 2.43. The van der Waals surface area contributed by atoms with Crippen LogP contribution in [-0.4, -0.2) is 25.9 Å². The van der Waals surface area contributed by atoms with Crippen molar-refractivity contribution in [3.8, 4) is 0 Å². The van der Waals surface area contributed by atoms with Crippen molar-refractivity contribution in [3.63, 3.8) is 0 Å². The molecule has 0 amide bonds. The van der Waals surface area contributed by atoms with Gasteiger partial charge in [0.05, 0.1) is 0 Å². The number of hydrogen-bond acceptors (Lipinski definition) is 4. The number of cyclic esters (lactones) is 2. The summed E-state index contributed by atoms with van der Waals surface area (Å²) in [5.74, 6) is 0. The van der Waals surface area contributed by atoms with Crippen molar-refractivity contribution >= 4 is 6.16 Å². The van der Waals surface area contributed by atoms with E-state index in [0.717, 1.165) is 6.54 Å². The molecule has 0 aromatic carbocycles. The number of carbonyl (C=O) groups excluding carboxylic acids is 1. The molecule has 1 fully saturated rings. The maximum absolute atomic E-state index is 9.80. The van der Waals surface area contributed by atoms with E-state index >= 15 is 0 Å². The topological polar surface area (TPSA) is 61.6 Å². The van der Waals surface area contributed by atoms with E-state index in [2.05, 4.69) is 16.4 Å². The van der Waals surface area contributed by atoms with Crippen LogP contribution >= 0.6 is 0 Å². The molecule has 1 aliphatic heterocycles. The zero-order chi connectivity index (χ0) is 8.53. The Bertz CT molecular complexity index is 95.9. The van der Waals surface area contributed by atoms with Gasteiger partial charge in [-0.3, -0.25) is 0 Å². The minimum absolute atomic E-state index is 0.416. The molecule has 0 saturated carbocycles. The first-order valence-corrected chi connectivity index (χ1v) is 3.81. The SMILES string of the molecule is CCCCN.O=C1OCCO1. The Hall–Kier alpha value is -0.770. The lowest BCUT2D eigenvalue weighted by atomic mass is 10.3. The minimum atomic E-state index is -0.546. The fraction of sp³-hybridized carbons (Fsp3) is 0.857. The largest absolute Gasteiger partial charge is 0.508 e. The van der Waals surface area contributed by atoms with Gasteiger partial charge in [-0.05, 0) is 13.0 Å². The van der Waals surface area contributed by atoms with Crippen LogP contribution in [0.4, 0.5) is 4.79 Å². The molecule has 2 N–H and O–H groups in total. The third-order valence-corrected chi connectivity index (χ3v) is 1.08. The van der Waals surface area contributed by atoms with Crippen molar-refractivity contribution in [2.24, 2.45) is 5.73 Å². The van der Waals surface area contributed by atoms with Gasteiger partial charge < -0.3 is 15.2 Å². The Morgan fingerprint density at radius 2 is 2.00 bits per heavy atom. The summed E-state index contributed by atoms with van der Waals surface area (Å²) in [6, 6.07) is 0. The van der Waals surface area contributed by atoms with Crippen LogP contribution in [-0.2, 0) is 9.47 Å². The number of nitrogens with two attached hydrogens (primary N) is 1. The number of ether oxygens (including phenoxy) is 2. The van der Waals surface area contributed by atoms with E-state index < -0.39 is 6.16 Å². The molecule has 0 atom stereocenters. The summed E-state index contributed by atoms with van der Waals surface area (Å²) in [5, 5.41) is 0. The molecule has 0 bridgehead atoms. The second-order valence-corrected chi connectivity index (χ2v) is 2.09. The van der Waals surface area contributed by atoms with Crippen LogP contribution in [0.15, 0.2) is 0 Å². The van der Waals surface area contributed by atoms with Gasteiger partial charge in [0.2, 0.25) is 0 Å². The lowest BCUT2D eigenvalue weighted by molar-refractivity contribution is 0.131. The summed E-state index contributed by atoms with van der Waals surface area (Å²) in [6.45, 7) is 3.81. The molecule has 0 aliphatic carbocycles. The fourth-order valence-electron chi connectivity index (χ4n) is 0.496. The first-order chi connectivity index (χ1) is 5.31. The van der Waals surface area contributed by atoms with Gasteiger partial charge in [-0.1, -0.05) is 13.3 Å². The van der Waals surface area contributed by atoms with Crippen LogP contribution in [0.2, 0.25) is 0 Å². The summed E-state index contributed by atoms with van der Waals surface area (Å²) in [4.78, 5) is 9.80. The highest BCUT2D eigenvalue weighted by Crippen LogP contribution is 1.92. The van der Waals surface area contributed by atoms with Gasteiger partial charge in [-0.2, -0.15) is 0 Å². The summed E-state index contributed by atoms with van der Waals surface area (Å²) in [5.41, 5.74) is 5.14.